The molecule has 2 aromatic heterocycles. The number of rotatable bonds is 4. The van der Waals surface area contributed by atoms with Crippen LogP contribution in [0.15, 0.2) is 59.3 Å². The van der Waals surface area contributed by atoms with Crippen molar-refractivity contribution < 1.29 is 9.21 Å². The lowest BCUT2D eigenvalue weighted by Gasteiger charge is -2.26. The zero-order chi connectivity index (χ0) is 19.5. The maximum Gasteiger partial charge on any atom is 0.253 e. The maximum absolute atomic E-state index is 12.8. The molecule has 5 nitrogen and oxygen atoms in total. The summed E-state index contributed by atoms with van der Waals surface area (Å²) in [5, 5.41) is 3.77. The van der Waals surface area contributed by atoms with Gasteiger partial charge in [0.1, 0.15) is 5.76 Å². The summed E-state index contributed by atoms with van der Waals surface area (Å²) in [4.78, 5) is 17.4. The van der Waals surface area contributed by atoms with Gasteiger partial charge in [-0.3, -0.25) is 9.78 Å². The SMILES string of the molecule is NC1CCC(NC(=O)c2cnc(-c3ccc(Cl)cc3)c(-c3ccco3)c2)CC1. The highest BCUT2D eigenvalue weighted by Gasteiger charge is 2.22. The highest BCUT2D eigenvalue weighted by molar-refractivity contribution is 6.30. The Morgan fingerprint density at radius 3 is 2.57 bits per heavy atom. The van der Waals surface area contributed by atoms with Gasteiger partial charge in [-0.1, -0.05) is 23.7 Å². The number of benzene rings is 1. The minimum absolute atomic E-state index is 0.122. The van der Waals surface area contributed by atoms with Crippen LogP contribution >= 0.6 is 11.6 Å². The molecule has 0 atom stereocenters. The van der Waals surface area contributed by atoms with Crippen molar-refractivity contribution >= 4 is 17.5 Å². The highest BCUT2D eigenvalue weighted by Crippen LogP contribution is 2.32. The number of carbonyl (C=O) groups excluding carboxylic acids is 1. The first-order chi connectivity index (χ1) is 13.6. The number of carbonyl (C=O) groups is 1. The van der Waals surface area contributed by atoms with Gasteiger partial charge in [-0.2, -0.15) is 0 Å². The fourth-order valence-corrected chi connectivity index (χ4v) is 3.70. The molecule has 1 aliphatic carbocycles. The van der Waals surface area contributed by atoms with E-state index in [0.29, 0.717) is 16.3 Å². The van der Waals surface area contributed by atoms with Gasteiger partial charge in [0.2, 0.25) is 0 Å². The predicted octanol–water partition coefficient (Wildman–Crippen LogP) is 4.66. The summed E-state index contributed by atoms with van der Waals surface area (Å²) < 4.78 is 5.59. The Morgan fingerprint density at radius 2 is 1.89 bits per heavy atom. The molecular formula is C22H22ClN3O2. The lowest BCUT2D eigenvalue weighted by molar-refractivity contribution is 0.0925. The van der Waals surface area contributed by atoms with Gasteiger partial charge in [-0.25, -0.2) is 0 Å². The Kier molecular flexibility index (Phi) is 5.46. The Hall–Kier alpha value is -2.63. The van der Waals surface area contributed by atoms with Crippen molar-refractivity contribution in [2.24, 2.45) is 5.73 Å². The van der Waals surface area contributed by atoms with Crippen LogP contribution < -0.4 is 11.1 Å². The van der Waals surface area contributed by atoms with E-state index in [0.717, 1.165) is 42.5 Å². The van der Waals surface area contributed by atoms with Gasteiger partial charge in [-0.15, -0.1) is 0 Å². The van der Waals surface area contributed by atoms with Crippen LogP contribution in [-0.4, -0.2) is 23.0 Å². The number of halogens is 1. The second kappa shape index (κ2) is 8.17. The van der Waals surface area contributed by atoms with Gasteiger partial charge < -0.3 is 15.5 Å². The first-order valence-electron chi connectivity index (χ1n) is 9.46. The van der Waals surface area contributed by atoms with Crippen molar-refractivity contribution in [3.63, 3.8) is 0 Å². The van der Waals surface area contributed by atoms with E-state index in [1.807, 2.05) is 42.5 Å². The molecule has 1 aliphatic rings. The monoisotopic (exact) mass is 395 g/mol. The highest BCUT2D eigenvalue weighted by atomic mass is 35.5. The van der Waals surface area contributed by atoms with Crippen molar-refractivity contribution in [1.82, 2.24) is 10.3 Å². The predicted molar refractivity (Wildman–Crippen MR) is 110 cm³/mol. The maximum atomic E-state index is 12.8. The molecule has 0 unspecified atom stereocenters. The summed E-state index contributed by atoms with van der Waals surface area (Å²) in [6.45, 7) is 0. The lowest BCUT2D eigenvalue weighted by atomic mass is 9.91. The number of pyridine rings is 1. The molecule has 0 saturated heterocycles. The third-order valence-corrected chi connectivity index (χ3v) is 5.41. The molecule has 3 N–H and O–H groups in total. The van der Waals surface area contributed by atoms with Gasteiger partial charge in [0, 0.05) is 34.4 Å². The number of nitrogens with one attached hydrogen (secondary N) is 1. The van der Waals surface area contributed by atoms with E-state index in [-0.39, 0.29) is 18.0 Å². The number of aromatic nitrogens is 1. The van der Waals surface area contributed by atoms with Crippen LogP contribution in [0.2, 0.25) is 5.02 Å². The molecule has 28 heavy (non-hydrogen) atoms. The number of nitrogens with two attached hydrogens (primary N) is 1. The largest absolute Gasteiger partial charge is 0.464 e. The number of amides is 1. The normalized spacial score (nSPS) is 19.4. The molecule has 2 heterocycles. The van der Waals surface area contributed by atoms with Crippen LogP contribution in [0.4, 0.5) is 0 Å². The minimum Gasteiger partial charge on any atom is -0.464 e. The number of nitrogens with zero attached hydrogens (tertiary/aromatic N) is 1. The average Bonchev–Trinajstić information content (AvgIpc) is 3.25. The smallest absolute Gasteiger partial charge is 0.253 e. The summed E-state index contributed by atoms with van der Waals surface area (Å²) >= 11 is 6.01. The molecule has 4 rings (SSSR count). The number of furan rings is 1. The fraction of sp³-hybridized carbons (Fsp3) is 0.273. The molecule has 1 fully saturated rings. The van der Waals surface area contributed by atoms with Crippen molar-refractivity contribution in [2.45, 2.75) is 37.8 Å². The van der Waals surface area contributed by atoms with Crippen LogP contribution in [0.1, 0.15) is 36.0 Å². The van der Waals surface area contributed by atoms with E-state index in [1.165, 1.54) is 0 Å². The van der Waals surface area contributed by atoms with Crippen LogP contribution in [-0.2, 0) is 0 Å². The number of hydrogen-bond donors (Lipinski definition) is 2. The summed E-state index contributed by atoms with van der Waals surface area (Å²) in [5.74, 6) is 0.541. The van der Waals surface area contributed by atoms with E-state index in [9.17, 15) is 4.79 Å². The molecule has 144 valence electrons. The molecule has 1 aromatic carbocycles. The molecule has 6 heteroatoms. The van der Waals surface area contributed by atoms with E-state index in [4.69, 9.17) is 21.8 Å². The van der Waals surface area contributed by atoms with Gasteiger partial charge in [0.25, 0.3) is 5.91 Å². The van der Waals surface area contributed by atoms with Crippen LogP contribution in [0.5, 0.6) is 0 Å². The van der Waals surface area contributed by atoms with Crippen LogP contribution in [0, 0.1) is 0 Å². The summed E-state index contributed by atoms with van der Waals surface area (Å²) in [7, 11) is 0. The molecule has 3 aromatic rings. The first kappa shape index (κ1) is 18.7. The van der Waals surface area contributed by atoms with Crippen molar-refractivity contribution in [2.75, 3.05) is 0 Å². The minimum atomic E-state index is -0.122. The quantitative estimate of drug-likeness (QED) is 0.673. The average molecular weight is 396 g/mol. The third kappa shape index (κ3) is 4.11. The Balaban J connectivity index is 1.63. The molecule has 0 bridgehead atoms. The van der Waals surface area contributed by atoms with E-state index < -0.39 is 0 Å². The van der Waals surface area contributed by atoms with Gasteiger partial charge in [-0.05, 0) is 56.0 Å². The van der Waals surface area contributed by atoms with Gasteiger partial charge in [0.05, 0.1) is 17.5 Å². The van der Waals surface area contributed by atoms with E-state index in [1.54, 1.807) is 12.5 Å². The Bertz CT molecular complexity index is 946. The molecular weight excluding hydrogens is 374 g/mol. The van der Waals surface area contributed by atoms with Crippen molar-refractivity contribution in [3.8, 4) is 22.6 Å². The summed E-state index contributed by atoms with van der Waals surface area (Å²) in [6, 6.07) is 13.4. The number of hydrogen-bond acceptors (Lipinski definition) is 4. The Morgan fingerprint density at radius 1 is 1.14 bits per heavy atom. The molecule has 1 saturated carbocycles. The van der Waals surface area contributed by atoms with Crippen molar-refractivity contribution in [1.29, 1.82) is 0 Å². The molecule has 0 radical (unpaired) electrons. The second-order valence-corrected chi connectivity index (χ2v) is 7.63. The third-order valence-electron chi connectivity index (χ3n) is 5.16. The topological polar surface area (TPSA) is 81.1 Å². The van der Waals surface area contributed by atoms with Gasteiger partial charge >= 0.3 is 0 Å². The van der Waals surface area contributed by atoms with E-state index >= 15 is 0 Å². The summed E-state index contributed by atoms with van der Waals surface area (Å²) in [6.07, 6.45) is 6.93. The second-order valence-electron chi connectivity index (χ2n) is 7.19. The fourth-order valence-electron chi connectivity index (χ4n) is 3.58. The standard InChI is InChI=1S/C22H22ClN3O2/c23-16-5-3-14(4-6-16)21-19(20-2-1-11-28-20)12-15(13-25-21)22(27)26-18-9-7-17(24)8-10-18/h1-6,11-13,17-18H,7-10,24H2,(H,26,27). The zero-order valence-electron chi connectivity index (χ0n) is 15.4. The Labute approximate surface area is 168 Å². The summed E-state index contributed by atoms with van der Waals surface area (Å²) in [5.41, 5.74) is 8.88. The zero-order valence-corrected chi connectivity index (χ0v) is 16.2. The van der Waals surface area contributed by atoms with Gasteiger partial charge in [0.15, 0.2) is 0 Å². The first-order valence-corrected chi connectivity index (χ1v) is 9.84. The van der Waals surface area contributed by atoms with Crippen LogP contribution in [0.3, 0.4) is 0 Å². The molecule has 0 spiro atoms. The van der Waals surface area contributed by atoms with Crippen molar-refractivity contribution in [3.05, 3.63) is 65.5 Å². The van der Waals surface area contributed by atoms with Crippen LogP contribution in [0.25, 0.3) is 22.6 Å². The molecule has 1 amide bonds. The lowest BCUT2D eigenvalue weighted by Crippen LogP contribution is -2.40. The molecule has 0 aliphatic heterocycles. The van der Waals surface area contributed by atoms with E-state index in [2.05, 4.69) is 10.3 Å².